The van der Waals surface area contributed by atoms with Gasteiger partial charge >= 0.3 is 0 Å². The van der Waals surface area contributed by atoms with Gasteiger partial charge in [-0.15, -0.1) is 11.8 Å². The van der Waals surface area contributed by atoms with E-state index < -0.39 is 6.04 Å². The van der Waals surface area contributed by atoms with E-state index in [1.54, 1.807) is 17.8 Å². The van der Waals surface area contributed by atoms with E-state index >= 15 is 0 Å². The maximum Gasteiger partial charge on any atom is 0.253 e. The quantitative estimate of drug-likeness (QED) is 0.802. The number of aromatic nitrogens is 1. The lowest BCUT2D eigenvalue weighted by Gasteiger charge is -2.23. The summed E-state index contributed by atoms with van der Waals surface area (Å²) in [5, 5.41) is 9.59. The van der Waals surface area contributed by atoms with Crippen LogP contribution in [0.25, 0.3) is 0 Å². The molecule has 0 bridgehead atoms. The van der Waals surface area contributed by atoms with Crippen molar-refractivity contribution < 1.29 is 14.1 Å². The molecule has 3 rings (SSSR count). The monoisotopic (exact) mass is 359 g/mol. The summed E-state index contributed by atoms with van der Waals surface area (Å²) in [5.74, 6) is 1.14. The molecule has 1 saturated heterocycles. The number of benzene rings is 1. The largest absolute Gasteiger partial charge is 0.361 e. The molecule has 0 unspecified atom stereocenters. The van der Waals surface area contributed by atoms with E-state index in [0.29, 0.717) is 24.3 Å². The number of hydrogen-bond acceptors (Lipinski definition) is 5. The molecular weight excluding hydrogens is 338 g/mol. The van der Waals surface area contributed by atoms with Crippen molar-refractivity contribution in [2.45, 2.75) is 43.4 Å². The van der Waals surface area contributed by atoms with Gasteiger partial charge in [0.05, 0.1) is 11.3 Å². The summed E-state index contributed by atoms with van der Waals surface area (Å²) in [6.45, 7) is 4.47. The standard InChI is InChI=1S/C18H21N3O3S/c1-11-14(12(2)24-21-11)10-25-16-8-4-3-6-13(16)17(22)20-15-7-5-9-19-18(15)23/h3-4,6,8,15H,5,7,9-10H2,1-2H3,(H,19,23)(H,20,22)/t15-/m0/s1. The number of carbonyl (C=O) groups is 2. The Bertz CT molecular complexity index is 768. The average molecular weight is 359 g/mol. The van der Waals surface area contributed by atoms with E-state index in [1.165, 1.54) is 0 Å². The van der Waals surface area contributed by atoms with E-state index in [1.807, 2.05) is 32.0 Å². The van der Waals surface area contributed by atoms with Crippen LogP contribution in [0.3, 0.4) is 0 Å². The van der Waals surface area contributed by atoms with Gasteiger partial charge in [-0.2, -0.15) is 0 Å². The topological polar surface area (TPSA) is 84.2 Å². The summed E-state index contributed by atoms with van der Waals surface area (Å²) >= 11 is 1.56. The fraction of sp³-hybridized carbons (Fsp3) is 0.389. The highest BCUT2D eigenvalue weighted by atomic mass is 32.2. The van der Waals surface area contributed by atoms with Crippen molar-refractivity contribution in [2.75, 3.05) is 6.54 Å². The Morgan fingerprint density at radius 3 is 2.92 bits per heavy atom. The Morgan fingerprint density at radius 1 is 1.40 bits per heavy atom. The number of carbonyl (C=O) groups excluding carboxylic acids is 2. The van der Waals surface area contributed by atoms with Crippen LogP contribution >= 0.6 is 11.8 Å². The molecule has 2 N–H and O–H groups in total. The molecule has 1 aromatic carbocycles. The van der Waals surface area contributed by atoms with Gasteiger partial charge in [-0.1, -0.05) is 17.3 Å². The van der Waals surface area contributed by atoms with Crippen molar-refractivity contribution in [3.8, 4) is 0 Å². The summed E-state index contributed by atoms with van der Waals surface area (Å²) < 4.78 is 5.19. The molecule has 0 saturated carbocycles. The van der Waals surface area contributed by atoms with Crippen LogP contribution in [0.1, 0.15) is 40.2 Å². The van der Waals surface area contributed by atoms with Crippen molar-refractivity contribution >= 4 is 23.6 Å². The number of amides is 2. The Morgan fingerprint density at radius 2 is 2.20 bits per heavy atom. The normalized spacial score (nSPS) is 17.2. The van der Waals surface area contributed by atoms with Gasteiger partial charge in [0, 0.05) is 22.8 Å². The van der Waals surface area contributed by atoms with E-state index in [9.17, 15) is 9.59 Å². The van der Waals surface area contributed by atoms with Gasteiger partial charge < -0.3 is 15.2 Å². The van der Waals surface area contributed by atoms with Crippen molar-refractivity contribution in [3.05, 3.63) is 46.8 Å². The lowest BCUT2D eigenvalue weighted by molar-refractivity contribution is -0.124. The van der Waals surface area contributed by atoms with Crippen LogP contribution < -0.4 is 10.6 Å². The predicted octanol–water partition coefficient (Wildman–Crippen LogP) is 2.59. The summed E-state index contributed by atoms with van der Waals surface area (Å²) in [6, 6.07) is 6.97. The Kier molecular flexibility index (Phi) is 5.43. The number of nitrogens with zero attached hydrogens (tertiary/aromatic N) is 1. The number of hydrogen-bond donors (Lipinski definition) is 2. The molecule has 1 aromatic heterocycles. The van der Waals surface area contributed by atoms with E-state index in [4.69, 9.17) is 4.52 Å². The van der Waals surface area contributed by atoms with Crippen LogP contribution in [0.2, 0.25) is 0 Å². The zero-order chi connectivity index (χ0) is 17.8. The van der Waals surface area contributed by atoms with Gasteiger partial charge in [0.15, 0.2) is 0 Å². The Hall–Kier alpha value is -2.28. The highest BCUT2D eigenvalue weighted by Gasteiger charge is 2.25. The summed E-state index contributed by atoms with van der Waals surface area (Å²) in [6.07, 6.45) is 1.55. The number of nitrogens with one attached hydrogen (secondary N) is 2. The van der Waals surface area contributed by atoms with Crippen LogP contribution in [-0.4, -0.2) is 29.6 Å². The number of thioether (sulfide) groups is 1. The minimum Gasteiger partial charge on any atom is -0.361 e. The first-order valence-electron chi connectivity index (χ1n) is 8.28. The molecule has 0 radical (unpaired) electrons. The predicted molar refractivity (Wildman–Crippen MR) is 95.5 cm³/mol. The van der Waals surface area contributed by atoms with Crippen molar-refractivity contribution in [3.63, 3.8) is 0 Å². The summed E-state index contributed by atoms with van der Waals surface area (Å²) in [4.78, 5) is 25.4. The fourth-order valence-electron chi connectivity index (χ4n) is 2.78. The molecule has 1 atom stereocenters. The maximum absolute atomic E-state index is 12.6. The lowest BCUT2D eigenvalue weighted by atomic mass is 10.1. The smallest absolute Gasteiger partial charge is 0.253 e. The molecule has 132 valence electrons. The van der Waals surface area contributed by atoms with E-state index in [2.05, 4.69) is 15.8 Å². The average Bonchev–Trinajstić information content (AvgIpc) is 2.93. The molecule has 2 heterocycles. The molecule has 2 amide bonds. The first kappa shape index (κ1) is 17.5. The molecular formula is C18H21N3O3S. The zero-order valence-corrected chi connectivity index (χ0v) is 15.1. The molecule has 1 aliphatic heterocycles. The second-order valence-corrected chi connectivity index (χ2v) is 7.06. The van der Waals surface area contributed by atoms with Gasteiger partial charge in [-0.25, -0.2) is 0 Å². The SMILES string of the molecule is Cc1noc(C)c1CSc1ccccc1C(=O)N[C@H]1CCCNC1=O. The third-order valence-corrected chi connectivity index (χ3v) is 5.38. The number of aryl methyl sites for hydroxylation is 2. The highest BCUT2D eigenvalue weighted by Crippen LogP contribution is 2.28. The number of rotatable bonds is 5. The molecule has 7 heteroatoms. The molecule has 1 aliphatic rings. The van der Waals surface area contributed by atoms with E-state index in [-0.39, 0.29) is 11.8 Å². The van der Waals surface area contributed by atoms with Gasteiger partial charge in [0.25, 0.3) is 5.91 Å². The van der Waals surface area contributed by atoms with Crippen LogP contribution in [0.5, 0.6) is 0 Å². The fourth-order valence-corrected chi connectivity index (χ4v) is 3.99. The Balaban J connectivity index is 1.71. The first-order chi connectivity index (χ1) is 12.1. The number of piperidine rings is 1. The van der Waals surface area contributed by atoms with Crippen molar-refractivity contribution in [1.82, 2.24) is 15.8 Å². The maximum atomic E-state index is 12.6. The van der Waals surface area contributed by atoms with Crippen LogP contribution in [0.15, 0.2) is 33.7 Å². The highest BCUT2D eigenvalue weighted by molar-refractivity contribution is 7.98. The van der Waals surface area contributed by atoms with Gasteiger partial charge in [-0.3, -0.25) is 9.59 Å². The molecule has 6 nitrogen and oxygen atoms in total. The minimum absolute atomic E-state index is 0.111. The Labute approximate surface area is 150 Å². The molecule has 2 aromatic rings. The van der Waals surface area contributed by atoms with Gasteiger partial charge in [0.1, 0.15) is 11.8 Å². The van der Waals surface area contributed by atoms with Crippen molar-refractivity contribution in [1.29, 1.82) is 0 Å². The van der Waals surface area contributed by atoms with Crippen LogP contribution in [0, 0.1) is 13.8 Å². The molecule has 0 spiro atoms. The van der Waals surface area contributed by atoms with Crippen molar-refractivity contribution in [2.24, 2.45) is 0 Å². The van der Waals surface area contributed by atoms with E-state index in [0.717, 1.165) is 28.3 Å². The third-order valence-electron chi connectivity index (χ3n) is 4.28. The minimum atomic E-state index is -0.457. The second-order valence-electron chi connectivity index (χ2n) is 6.05. The lowest BCUT2D eigenvalue weighted by Crippen LogP contribution is -2.50. The first-order valence-corrected chi connectivity index (χ1v) is 9.27. The second kappa shape index (κ2) is 7.74. The van der Waals surface area contributed by atoms with Crippen LogP contribution in [0.4, 0.5) is 0 Å². The van der Waals surface area contributed by atoms with Gasteiger partial charge in [0.2, 0.25) is 5.91 Å². The summed E-state index contributed by atoms with van der Waals surface area (Å²) in [5.41, 5.74) is 2.50. The summed E-state index contributed by atoms with van der Waals surface area (Å²) in [7, 11) is 0. The van der Waals surface area contributed by atoms with Crippen LogP contribution in [-0.2, 0) is 10.5 Å². The third kappa shape index (κ3) is 4.04. The molecule has 1 fully saturated rings. The molecule has 0 aliphatic carbocycles. The zero-order valence-electron chi connectivity index (χ0n) is 14.3. The van der Waals surface area contributed by atoms with Gasteiger partial charge in [-0.05, 0) is 38.8 Å². The molecule has 25 heavy (non-hydrogen) atoms.